The number of allylic oxidation sites excluding steroid dienone is 4. The summed E-state index contributed by atoms with van der Waals surface area (Å²) >= 11 is 0. The van der Waals surface area contributed by atoms with Gasteiger partial charge in [0.05, 0.1) is 6.61 Å². The molecule has 1 aromatic carbocycles. The highest BCUT2D eigenvalue weighted by Crippen LogP contribution is 2.46. The van der Waals surface area contributed by atoms with Crippen LogP contribution in [0.1, 0.15) is 43.7 Å². The van der Waals surface area contributed by atoms with Crippen molar-refractivity contribution in [2.24, 2.45) is 0 Å². The minimum absolute atomic E-state index is 0.0203. The number of carbonyl (C=O) groups is 1. The Morgan fingerprint density at radius 3 is 2.46 bits per heavy atom. The van der Waals surface area contributed by atoms with E-state index in [1.165, 1.54) is 5.56 Å². The zero-order valence-corrected chi connectivity index (χ0v) is 15.7. The second-order valence-electron chi connectivity index (χ2n) is 6.82. The Morgan fingerprint density at radius 2 is 1.92 bits per heavy atom. The molecule has 0 saturated carbocycles. The summed E-state index contributed by atoms with van der Waals surface area (Å²) in [4.78, 5) is 14.1. The minimum Gasteiger partial charge on any atom is -0.392 e. The predicted molar refractivity (Wildman–Crippen MR) is 110 cm³/mol. The summed E-state index contributed by atoms with van der Waals surface area (Å²) in [7, 11) is 0. The lowest BCUT2D eigenvalue weighted by molar-refractivity contribution is -0.116. The lowest BCUT2D eigenvalue weighted by atomic mass is 9.69. The number of anilines is 1. The van der Waals surface area contributed by atoms with Gasteiger partial charge in [0, 0.05) is 24.6 Å². The van der Waals surface area contributed by atoms with Crippen LogP contribution in [0.25, 0.3) is 5.57 Å². The van der Waals surface area contributed by atoms with Crippen LogP contribution in [0.4, 0.5) is 5.69 Å². The van der Waals surface area contributed by atoms with E-state index >= 15 is 0 Å². The van der Waals surface area contributed by atoms with Gasteiger partial charge in [0.15, 0.2) is 0 Å². The number of aliphatic hydroxyl groups excluding tert-OH is 1. The van der Waals surface area contributed by atoms with E-state index in [4.69, 9.17) is 0 Å². The molecule has 1 amide bonds. The molecule has 0 atom stereocenters. The van der Waals surface area contributed by atoms with Gasteiger partial charge in [-0.1, -0.05) is 36.4 Å². The molecule has 0 radical (unpaired) electrons. The summed E-state index contributed by atoms with van der Waals surface area (Å²) < 4.78 is 0. The average molecular weight is 351 g/mol. The number of aliphatic hydroxyl groups is 1. The molecule has 0 bridgehead atoms. The second kappa shape index (κ2) is 8.81. The second-order valence-corrected chi connectivity index (χ2v) is 6.82. The van der Waals surface area contributed by atoms with E-state index in [1.54, 1.807) is 13.0 Å². The van der Waals surface area contributed by atoms with Gasteiger partial charge in [0.25, 0.3) is 0 Å². The van der Waals surface area contributed by atoms with Crippen LogP contribution in [0.3, 0.4) is 0 Å². The first-order chi connectivity index (χ1) is 12.5. The molecule has 3 nitrogen and oxygen atoms in total. The Labute approximate surface area is 157 Å². The van der Waals surface area contributed by atoms with Gasteiger partial charge < -0.3 is 10.0 Å². The molecule has 2 rings (SSSR count). The molecule has 0 spiro atoms. The molecule has 0 aliphatic carbocycles. The van der Waals surface area contributed by atoms with E-state index < -0.39 is 0 Å². The summed E-state index contributed by atoms with van der Waals surface area (Å²) in [6, 6.07) is 6.28. The van der Waals surface area contributed by atoms with Crippen LogP contribution < -0.4 is 4.90 Å². The summed E-state index contributed by atoms with van der Waals surface area (Å²) in [5, 5.41) is 9.33. The molecule has 0 fully saturated rings. The van der Waals surface area contributed by atoms with Crippen molar-refractivity contribution in [3.05, 3.63) is 73.4 Å². The molecule has 138 valence electrons. The SMILES string of the molecule is C=CC/C(=C/CO)c1ccc2c(c1)N(C(C)=O)CCC2(CC=C)CC=C. The molecule has 0 aromatic heterocycles. The Hall–Kier alpha value is -2.39. The minimum atomic E-state index is -0.0669. The highest BCUT2D eigenvalue weighted by Gasteiger charge is 2.38. The fourth-order valence-corrected chi connectivity index (χ4v) is 3.96. The highest BCUT2D eigenvalue weighted by atomic mass is 16.2. The van der Waals surface area contributed by atoms with E-state index in [-0.39, 0.29) is 17.9 Å². The molecule has 0 saturated heterocycles. The molecule has 1 aliphatic heterocycles. The normalized spacial score (nSPS) is 15.9. The molecule has 1 N–H and O–H groups in total. The molecule has 1 aliphatic rings. The molecule has 1 aromatic rings. The Bertz CT molecular complexity index is 720. The third-order valence-corrected chi connectivity index (χ3v) is 5.20. The largest absolute Gasteiger partial charge is 0.392 e. The summed E-state index contributed by atoms with van der Waals surface area (Å²) in [5.41, 5.74) is 4.08. The quantitative estimate of drug-likeness (QED) is 0.684. The Morgan fingerprint density at radius 1 is 1.23 bits per heavy atom. The standard InChI is InChI=1S/C23H29NO2/c1-5-8-19(11-16-25)20-9-10-21-22(17-20)24(18(4)26)15-14-23(21,12-6-2)13-7-3/h5-7,9-11,17,25H,1-3,8,12-16H2,4H3/b19-11-. The van der Waals surface area contributed by atoms with Crippen molar-refractivity contribution in [2.45, 2.75) is 38.0 Å². The fourth-order valence-electron chi connectivity index (χ4n) is 3.96. The number of hydrogen-bond donors (Lipinski definition) is 1. The lowest BCUT2D eigenvalue weighted by Gasteiger charge is -2.43. The molecule has 26 heavy (non-hydrogen) atoms. The van der Waals surface area contributed by atoms with Gasteiger partial charge >= 0.3 is 0 Å². The number of amides is 1. The number of hydrogen-bond acceptors (Lipinski definition) is 2. The fraction of sp³-hybridized carbons (Fsp3) is 0.348. The number of rotatable bonds is 8. The van der Waals surface area contributed by atoms with Crippen LogP contribution in [-0.2, 0) is 10.2 Å². The zero-order valence-electron chi connectivity index (χ0n) is 15.7. The van der Waals surface area contributed by atoms with Crippen LogP contribution in [0.5, 0.6) is 0 Å². The predicted octanol–water partition coefficient (Wildman–Crippen LogP) is 4.79. The van der Waals surface area contributed by atoms with Crippen molar-refractivity contribution in [3.8, 4) is 0 Å². The number of fused-ring (bicyclic) bond motifs is 1. The number of carbonyl (C=O) groups excluding carboxylic acids is 1. The monoisotopic (exact) mass is 351 g/mol. The molecule has 0 unspecified atom stereocenters. The first kappa shape index (κ1) is 19.9. The van der Waals surface area contributed by atoms with E-state index in [2.05, 4.69) is 37.9 Å². The maximum atomic E-state index is 12.2. The van der Waals surface area contributed by atoms with E-state index in [0.717, 1.165) is 36.1 Å². The van der Waals surface area contributed by atoms with Crippen LogP contribution in [0, 0.1) is 0 Å². The first-order valence-electron chi connectivity index (χ1n) is 9.08. The molecule has 1 heterocycles. The van der Waals surface area contributed by atoms with Gasteiger partial charge in [-0.2, -0.15) is 0 Å². The molecule has 3 heteroatoms. The van der Waals surface area contributed by atoms with E-state index in [0.29, 0.717) is 13.0 Å². The topological polar surface area (TPSA) is 40.5 Å². The third-order valence-electron chi connectivity index (χ3n) is 5.20. The smallest absolute Gasteiger partial charge is 0.223 e. The molecular weight excluding hydrogens is 322 g/mol. The van der Waals surface area contributed by atoms with Gasteiger partial charge in [-0.15, -0.1) is 19.7 Å². The lowest BCUT2D eigenvalue weighted by Crippen LogP contribution is -2.42. The maximum Gasteiger partial charge on any atom is 0.223 e. The third kappa shape index (κ3) is 3.88. The van der Waals surface area contributed by atoms with Crippen molar-refractivity contribution in [2.75, 3.05) is 18.1 Å². The van der Waals surface area contributed by atoms with Crippen LogP contribution >= 0.6 is 0 Å². The number of benzene rings is 1. The van der Waals surface area contributed by atoms with E-state index in [1.807, 2.05) is 23.1 Å². The van der Waals surface area contributed by atoms with Crippen molar-refractivity contribution in [3.63, 3.8) is 0 Å². The van der Waals surface area contributed by atoms with Crippen LogP contribution in [0.2, 0.25) is 0 Å². The van der Waals surface area contributed by atoms with Crippen molar-refractivity contribution >= 4 is 17.2 Å². The average Bonchev–Trinajstić information content (AvgIpc) is 2.61. The van der Waals surface area contributed by atoms with Gasteiger partial charge in [0.2, 0.25) is 5.91 Å². The van der Waals surface area contributed by atoms with E-state index in [9.17, 15) is 9.90 Å². The van der Waals surface area contributed by atoms with Gasteiger partial charge in [-0.25, -0.2) is 0 Å². The zero-order chi connectivity index (χ0) is 19.2. The van der Waals surface area contributed by atoms with Gasteiger partial charge in [-0.05, 0) is 48.4 Å². The highest BCUT2D eigenvalue weighted by molar-refractivity contribution is 5.94. The van der Waals surface area contributed by atoms with Crippen LogP contribution in [-0.4, -0.2) is 24.2 Å². The molecular formula is C23H29NO2. The summed E-state index contributed by atoms with van der Waals surface area (Å²) in [6.45, 7) is 14.0. The maximum absolute atomic E-state index is 12.2. The Balaban J connectivity index is 2.64. The van der Waals surface area contributed by atoms with Gasteiger partial charge in [-0.3, -0.25) is 4.79 Å². The Kier molecular flexibility index (Phi) is 6.76. The van der Waals surface area contributed by atoms with Crippen molar-refractivity contribution in [1.82, 2.24) is 0 Å². The van der Waals surface area contributed by atoms with Crippen LogP contribution in [0.15, 0.2) is 62.2 Å². The summed E-state index contributed by atoms with van der Waals surface area (Å²) in [6.07, 6.45) is 10.8. The summed E-state index contributed by atoms with van der Waals surface area (Å²) in [5.74, 6) is 0.0469. The van der Waals surface area contributed by atoms with Crippen molar-refractivity contribution < 1.29 is 9.90 Å². The van der Waals surface area contributed by atoms with Gasteiger partial charge in [0.1, 0.15) is 0 Å². The number of nitrogens with zero attached hydrogens (tertiary/aromatic N) is 1. The van der Waals surface area contributed by atoms with Crippen molar-refractivity contribution in [1.29, 1.82) is 0 Å². The first-order valence-corrected chi connectivity index (χ1v) is 9.08.